The van der Waals surface area contributed by atoms with E-state index in [2.05, 4.69) is 45.7 Å². The van der Waals surface area contributed by atoms with Crippen LogP contribution in [-0.2, 0) is 24.8 Å². The molecule has 0 bridgehead atoms. The fraction of sp³-hybridized carbons (Fsp3) is 0. The number of aromatic nitrogens is 2. The number of rotatable bonds is 6. The third-order valence-corrected chi connectivity index (χ3v) is 2.08. The van der Waals surface area contributed by atoms with Gasteiger partial charge in [-0.05, 0) is 18.2 Å². The maximum absolute atomic E-state index is 11.4. The maximum Gasteiger partial charge on any atom is 0.394 e. The number of carbonyl (C=O) groups is 3. The van der Waals surface area contributed by atoms with Gasteiger partial charge in [-0.2, -0.15) is 13.4 Å². The lowest BCUT2D eigenvalue weighted by molar-refractivity contribution is -0.112. The van der Waals surface area contributed by atoms with Crippen molar-refractivity contribution in [3.05, 3.63) is 44.2 Å². The normalized spacial score (nSPS) is 9.62. The van der Waals surface area contributed by atoms with Crippen LogP contribution in [0.2, 0.25) is 0 Å². The largest absolute Gasteiger partial charge is 0.394 e. The third kappa shape index (κ3) is 10.4. The molecule has 1 aromatic rings. The molecule has 0 saturated heterocycles. The lowest BCUT2D eigenvalue weighted by Crippen LogP contribution is -2.17. The van der Waals surface area contributed by atoms with Gasteiger partial charge in [0.25, 0.3) is 0 Å². The molecule has 3 amide bonds. The van der Waals surface area contributed by atoms with Crippen LogP contribution in [-0.4, -0.2) is 45.2 Å². The summed E-state index contributed by atoms with van der Waals surface area (Å²) in [5.74, 6) is -1.61. The Balaban J connectivity index is 0.00000110. The van der Waals surface area contributed by atoms with Gasteiger partial charge in [-0.25, -0.2) is 4.98 Å². The molecular formula is C13H15N5O7S. The summed E-state index contributed by atoms with van der Waals surface area (Å²) in [6.07, 6.45) is 4.35. The van der Waals surface area contributed by atoms with Crippen LogP contribution >= 0.6 is 0 Å². The highest BCUT2D eigenvalue weighted by molar-refractivity contribution is 7.79. The summed E-state index contributed by atoms with van der Waals surface area (Å²) in [5.41, 5.74) is 0.145. The van der Waals surface area contributed by atoms with E-state index in [0.29, 0.717) is 0 Å². The molecule has 0 fully saturated rings. The van der Waals surface area contributed by atoms with E-state index in [1.165, 1.54) is 6.20 Å². The Kier molecular flexibility index (Phi) is 9.07. The zero-order valence-electron chi connectivity index (χ0n) is 13.2. The quantitative estimate of drug-likeness (QED) is 0.336. The second-order valence-electron chi connectivity index (χ2n) is 3.98. The highest BCUT2D eigenvalue weighted by Crippen LogP contribution is 2.19. The van der Waals surface area contributed by atoms with Crippen LogP contribution in [0.3, 0.4) is 0 Å². The molecule has 0 spiro atoms. The summed E-state index contributed by atoms with van der Waals surface area (Å²) in [6, 6.07) is 0. The molecule has 12 nitrogen and oxygen atoms in total. The summed E-state index contributed by atoms with van der Waals surface area (Å²) >= 11 is 0. The Labute approximate surface area is 148 Å². The van der Waals surface area contributed by atoms with Crippen LogP contribution in [0, 0.1) is 0 Å². The number of hydrogen-bond acceptors (Lipinski definition) is 7. The molecule has 5 N–H and O–H groups in total. The molecule has 0 unspecified atom stereocenters. The third-order valence-electron chi connectivity index (χ3n) is 2.08. The summed E-state index contributed by atoms with van der Waals surface area (Å²) in [6.45, 7) is 9.90. The minimum Gasteiger partial charge on any atom is -0.318 e. The molecule has 1 rings (SSSR count). The number of amides is 3. The highest BCUT2D eigenvalue weighted by Gasteiger charge is 2.11. The smallest absolute Gasteiger partial charge is 0.318 e. The van der Waals surface area contributed by atoms with Crippen LogP contribution in [0.5, 0.6) is 0 Å². The molecule has 0 saturated carbocycles. The molecule has 0 aromatic carbocycles. The van der Waals surface area contributed by atoms with Gasteiger partial charge in [-0.1, -0.05) is 19.7 Å². The molecule has 140 valence electrons. The average Bonchev–Trinajstić information content (AvgIpc) is 2.55. The minimum atomic E-state index is -4.67. The van der Waals surface area contributed by atoms with Crippen LogP contribution in [0.4, 0.5) is 17.5 Å². The van der Waals surface area contributed by atoms with E-state index in [9.17, 15) is 14.4 Å². The van der Waals surface area contributed by atoms with Crippen molar-refractivity contribution in [2.75, 3.05) is 16.0 Å². The van der Waals surface area contributed by atoms with Crippen molar-refractivity contribution in [1.82, 2.24) is 9.97 Å². The van der Waals surface area contributed by atoms with Crippen molar-refractivity contribution >= 4 is 45.6 Å². The van der Waals surface area contributed by atoms with Gasteiger partial charge in [0.2, 0.25) is 23.7 Å². The number of nitrogens with zero attached hydrogens (tertiary/aromatic N) is 2. The Morgan fingerprint density at radius 2 is 1.35 bits per heavy atom. The standard InChI is InChI=1S/C13H13N5O3.H2O4S/c1-4-9(19)15-8-7-14-13(17-11(21)6-3)18-12(8)16-10(20)5-2;1-5(2,3)4/h4-7H,1-3H2,(H,15,19)(H2,14,16,17,18,20,21);(H2,1,2,3,4). The average molecular weight is 385 g/mol. The van der Waals surface area contributed by atoms with Crippen LogP contribution in [0.1, 0.15) is 0 Å². The summed E-state index contributed by atoms with van der Waals surface area (Å²) < 4.78 is 31.6. The van der Waals surface area contributed by atoms with Crippen LogP contribution in [0.25, 0.3) is 0 Å². The van der Waals surface area contributed by atoms with Crippen molar-refractivity contribution in [1.29, 1.82) is 0 Å². The molecule has 0 radical (unpaired) electrons. The number of carbonyl (C=O) groups excluding carboxylic acids is 3. The van der Waals surface area contributed by atoms with Crippen LogP contribution in [0.15, 0.2) is 44.2 Å². The van der Waals surface area contributed by atoms with E-state index in [1.807, 2.05) is 0 Å². The first-order chi connectivity index (χ1) is 12.0. The van der Waals surface area contributed by atoms with Crippen molar-refractivity contribution in [2.45, 2.75) is 0 Å². The zero-order valence-corrected chi connectivity index (χ0v) is 14.0. The predicted octanol–water partition coefficient (Wildman–Crippen LogP) is 0.197. The maximum atomic E-state index is 11.4. The monoisotopic (exact) mass is 385 g/mol. The van der Waals surface area contributed by atoms with Crippen molar-refractivity contribution in [3.63, 3.8) is 0 Å². The second kappa shape index (κ2) is 10.4. The minimum absolute atomic E-state index is 0.00413. The molecule has 1 aromatic heterocycles. The first-order valence-corrected chi connectivity index (χ1v) is 7.77. The second-order valence-corrected chi connectivity index (χ2v) is 4.88. The van der Waals surface area contributed by atoms with Gasteiger partial charge in [0.05, 0.1) is 6.20 Å². The van der Waals surface area contributed by atoms with Gasteiger partial charge in [-0.3, -0.25) is 28.8 Å². The van der Waals surface area contributed by atoms with E-state index in [0.717, 1.165) is 18.2 Å². The Morgan fingerprint density at radius 3 is 1.81 bits per heavy atom. The van der Waals surface area contributed by atoms with E-state index in [1.54, 1.807) is 0 Å². The number of nitrogens with one attached hydrogen (secondary N) is 3. The van der Waals surface area contributed by atoms with Crippen molar-refractivity contribution < 1.29 is 31.9 Å². The molecule has 0 atom stereocenters. The van der Waals surface area contributed by atoms with Gasteiger partial charge >= 0.3 is 10.4 Å². The van der Waals surface area contributed by atoms with E-state index >= 15 is 0 Å². The Bertz CT molecular complexity index is 827. The lowest BCUT2D eigenvalue weighted by Gasteiger charge is -2.10. The van der Waals surface area contributed by atoms with Gasteiger partial charge in [0.1, 0.15) is 5.69 Å². The summed E-state index contributed by atoms with van der Waals surface area (Å²) in [7, 11) is -4.67. The topological polar surface area (TPSA) is 188 Å². The first kappa shape index (κ1) is 22.6. The predicted molar refractivity (Wildman–Crippen MR) is 92.7 cm³/mol. The van der Waals surface area contributed by atoms with E-state index in [-0.39, 0.29) is 17.5 Å². The van der Waals surface area contributed by atoms with E-state index < -0.39 is 28.1 Å². The van der Waals surface area contributed by atoms with Crippen molar-refractivity contribution in [2.24, 2.45) is 0 Å². The van der Waals surface area contributed by atoms with Gasteiger partial charge < -0.3 is 10.6 Å². The van der Waals surface area contributed by atoms with E-state index in [4.69, 9.17) is 17.5 Å². The first-order valence-electron chi connectivity index (χ1n) is 6.37. The fourth-order valence-electron chi connectivity index (χ4n) is 1.14. The van der Waals surface area contributed by atoms with Gasteiger partial charge in [0.15, 0.2) is 5.82 Å². The zero-order chi connectivity index (χ0) is 20.3. The fourth-order valence-corrected chi connectivity index (χ4v) is 1.14. The molecule has 0 aliphatic carbocycles. The molecule has 26 heavy (non-hydrogen) atoms. The molecule has 1 heterocycles. The van der Waals surface area contributed by atoms with Gasteiger partial charge in [-0.15, -0.1) is 0 Å². The summed E-state index contributed by atoms with van der Waals surface area (Å²) in [5, 5.41) is 7.14. The molecule has 0 aliphatic rings. The SMILES string of the molecule is C=CC(=O)Nc1ncc(NC(=O)C=C)c(NC(=O)C=C)n1.O=S(=O)(O)O. The molecule has 13 heteroatoms. The van der Waals surface area contributed by atoms with Crippen LogP contribution < -0.4 is 16.0 Å². The number of anilines is 3. The lowest BCUT2D eigenvalue weighted by atomic mass is 10.4. The Morgan fingerprint density at radius 1 is 0.923 bits per heavy atom. The Hall–Kier alpha value is -3.42. The highest BCUT2D eigenvalue weighted by atomic mass is 32.3. The number of hydrogen-bond donors (Lipinski definition) is 5. The summed E-state index contributed by atoms with van der Waals surface area (Å²) in [4.78, 5) is 41.6. The molecule has 0 aliphatic heterocycles. The molecular weight excluding hydrogens is 370 g/mol. The van der Waals surface area contributed by atoms with Gasteiger partial charge in [0, 0.05) is 0 Å². The van der Waals surface area contributed by atoms with Crippen molar-refractivity contribution in [3.8, 4) is 0 Å².